The van der Waals surface area contributed by atoms with Crippen LogP contribution < -0.4 is 5.43 Å². The van der Waals surface area contributed by atoms with E-state index in [1.807, 2.05) is 65.4 Å². The number of rotatable bonds is 6. The molecule has 0 saturated heterocycles. The Kier molecular flexibility index (Phi) is 5.93. The molecule has 6 heteroatoms. The van der Waals surface area contributed by atoms with Crippen molar-refractivity contribution in [3.63, 3.8) is 0 Å². The highest BCUT2D eigenvalue weighted by atomic mass is 35.5. The molecule has 3 aromatic rings. The van der Waals surface area contributed by atoms with Crippen LogP contribution in [0.15, 0.2) is 82.9 Å². The maximum atomic E-state index is 11.9. The second kappa shape index (κ2) is 8.55. The second-order valence-corrected chi connectivity index (χ2v) is 6.66. The van der Waals surface area contributed by atoms with Crippen LogP contribution in [-0.4, -0.2) is 22.4 Å². The van der Waals surface area contributed by atoms with Crippen LogP contribution in [-0.2, 0) is 4.79 Å². The molecular weight excluding hydrogens is 354 g/mol. The lowest BCUT2D eigenvalue weighted by Crippen LogP contribution is -2.19. The summed E-state index contributed by atoms with van der Waals surface area (Å²) in [5.41, 5.74) is 4.48. The number of hydrogen-bond donors (Lipinski definition) is 1. The number of thioether (sulfide) groups is 1. The molecule has 0 aliphatic heterocycles. The Morgan fingerprint density at radius 2 is 1.84 bits per heavy atom. The van der Waals surface area contributed by atoms with Crippen molar-refractivity contribution in [1.29, 1.82) is 0 Å². The largest absolute Gasteiger partial charge is 0.316 e. The third-order valence-corrected chi connectivity index (χ3v) is 4.65. The molecule has 25 heavy (non-hydrogen) atoms. The van der Waals surface area contributed by atoms with Crippen molar-refractivity contribution in [2.24, 2.45) is 5.10 Å². The zero-order valence-electron chi connectivity index (χ0n) is 13.3. The molecule has 1 aromatic heterocycles. The van der Waals surface area contributed by atoms with Gasteiger partial charge in [0.15, 0.2) is 0 Å². The molecule has 0 spiro atoms. The molecule has 2 aromatic carbocycles. The number of halogens is 1. The summed E-state index contributed by atoms with van der Waals surface area (Å²) in [6, 6.07) is 21.2. The van der Waals surface area contributed by atoms with Gasteiger partial charge in [-0.3, -0.25) is 4.79 Å². The van der Waals surface area contributed by atoms with E-state index in [1.165, 1.54) is 11.8 Å². The van der Waals surface area contributed by atoms with Crippen LogP contribution in [0.5, 0.6) is 0 Å². The van der Waals surface area contributed by atoms with E-state index in [1.54, 1.807) is 18.3 Å². The zero-order chi connectivity index (χ0) is 17.5. The summed E-state index contributed by atoms with van der Waals surface area (Å²) in [7, 11) is 0. The number of benzene rings is 2. The van der Waals surface area contributed by atoms with Crippen LogP contribution in [0.1, 0.15) is 5.69 Å². The number of hydrazone groups is 1. The van der Waals surface area contributed by atoms with Crippen molar-refractivity contribution in [3.8, 4) is 5.69 Å². The van der Waals surface area contributed by atoms with E-state index in [-0.39, 0.29) is 5.91 Å². The van der Waals surface area contributed by atoms with Gasteiger partial charge in [0.2, 0.25) is 5.91 Å². The summed E-state index contributed by atoms with van der Waals surface area (Å²) in [6.45, 7) is 0. The minimum absolute atomic E-state index is 0.158. The monoisotopic (exact) mass is 369 g/mol. The van der Waals surface area contributed by atoms with Crippen LogP contribution in [0.4, 0.5) is 0 Å². The highest BCUT2D eigenvalue weighted by Gasteiger charge is 2.03. The number of carbonyl (C=O) groups is 1. The third kappa shape index (κ3) is 4.98. The van der Waals surface area contributed by atoms with Gasteiger partial charge in [0.1, 0.15) is 0 Å². The highest BCUT2D eigenvalue weighted by Crippen LogP contribution is 2.19. The highest BCUT2D eigenvalue weighted by molar-refractivity contribution is 8.00. The number of amides is 1. The van der Waals surface area contributed by atoms with Crippen molar-refractivity contribution >= 4 is 35.5 Å². The predicted octanol–water partition coefficient (Wildman–Crippen LogP) is 4.37. The molecule has 0 aliphatic rings. The first kappa shape index (κ1) is 17.3. The first-order valence-electron chi connectivity index (χ1n) is 7.65. The molecule has 0 radical (unpaired) electrons. The van der Waals surface area contributed by atoms with E-state index >= 15 is 0 Å². The van der Waals surface area contributed by atoms with Gasteiger partial charge in [-0.05, 0) is 48.5 Å². The quantitative estimate of drug-likeness (QED) is 0.398. The van der Waals surface area contributed by atoms with Crippen molar-refractivity contribution in [1.82, 2.24) is 9.99 Å². The number of aromatic nitrogens is 1. The molecule has 0 saturated carbocycles. The van der Waals surface area contributed by atoms with Gasteiger partial charge in [0.25, 0.3) is 0 Å². The summed E-state index contributed by atoms with van der Waals surface area (Å²) in [5.74, 6) is 0.132. The molecule has 1 N–H and O–H groups in total. The normalized spacial score (nSPS) is 10.9. The standard InChI is InChI=1S/C19H16ClN3OS/c20-15-8-10-18(11-9-15)25-14-19(24)22-21-13-17-7-4-12-23(17)16-5-2-1-3-6-16/h1-13H,14H2,(H,22,24)/b21-13-. The fraction of sp³-hybridized carbons (Fsp3) is 0.0526. The van der Waals surface area contributed by atoms with Gasteiger partial charge >= 0.3 is 0 Å². The molecule has 1 amide bonds. The number of nitrogens with one attached hydrogen (secondary N) is 1. The van der Waals surface area contributed by atoms with Gasteiger partial charge in [-0.1, -0.05) is 29.8 Å². The predicted molar refractivity (Wildman–Crippen MR) is 104 cm³/mol. The van der Waals surface area contributed by atoms with E-state index in [9.17, 15) is 4.79 Å². The summed E-state index contributed by atoms with van der Waals surface area (Å²) in [6.07, 6.45) is 3.59. The Morgan fingerprint density at radius 1 is 1.08 bits per heavy atom. The van der Waals surface area contributed by atoms with Crippen molar-refractivity contribution < 1.29 is 4.79 Å². The van der Waals surface area contributed by atoms with Gasteiger partial charge < -0.3 is 4.57 Å². The molecule has 4 nitrogen and oxygen atoms in total. The fourth-order valence-corrected chi connectivity index (χ4v) is 3.02. The Morgan fingerprint density at radius 3 is 2.60 bits per heavy atom. The van der Waals surface area contributed by atoms with Crippen molar-refractivity contribution in [2.45, 2.75) is 4.90 Å². The lowest BCUT2D eigenvalue weighted by Gasteiger charge is -2.05. The fourth-order valence-electron chi connectivity index (χ4n) is 2.21. The van der Waals surface area contributed by atoms with Crippen LogP contribution in [0.25, 0.3) is 5.69 Å². The lowest BCUT2D eigenvalue weighted by atomic mass is 10.3. The molecule has 1 heterocycles. The maximum Gasteiger partial charge on any atom is 0.250 e. The SMILES string of the molecule is O=C(CSc1ccc(Cl)cc1)N/N=C\c1cccn1-c1ccccc1. The Hall–Kier alpha value is -2.50. The van der Waals surface area contributed by atoms with Crippen LogP contribution in [0.2, 0.25) is 5.02 Å². The summed E-state index contributed by atoms with van der Waals surface area (Å²) in [4.78, 5) is 12.9. The smallest absolute Gasteiger partial charge is 0.250 e. The van der Waals surface area contributed by atoms with E-state index in [4.69, 9.17) is 11.6 Å². The average molecular weight is 370 g/mol. The first-order chi connectivity index (χ1) is 12.2. The zero-order valence-corrected chi connectivity index (χ0v) is 14.9. The van der Waals surface area contributed by atoms with E-state index in [2.05, 4.69) is 10.5 Å². The van der Waals surface area contributed by atoms with Crippen LogP contribution in [0, 0.1) is 0 Å². The summed E-state index contributed by atoms with van der Waals surface area (Å²) >= 11 is 7.27. The van der Waals surface area contributed by atoms with Gasteiger partial charge in [0.05, 0.1) is 17.7 Å². The number of nitrogens with zero attached hydrogens (tertiary/aromatic N) is 2. The second-order valence-electron chi connectivity index (χ2n) is 5.17. The third-order valence-electron chi connectivity index (χ3n) is 3.38. The minimum Gasteiger partial charge on any atom is -0.316 e. The first-order valence-corrected chi connectivity index (χ1v) is 9.02. The van der Waals surface area contributed by atoms with Crippen molar-refractivity contribution in [3.05, 3.63) is 83.6 Å². The molecule has 0 atom stereocenters. The molecular formula is C19H16ClN3OS. The Balaban J connectivity index is 1.54. The van der Waals surface area contributed by atoms with Crippen molar-refractivity contribution in [2.75, 3.05) is 5.75 Å². The number of para-hydroxylation sites is 1. The van der Waals surface area contributed by atoms with Gasteiger partial charge in [0, 0.05) is 21.8 Å². The molecule has 126 valence electrons. The number of carbonyl (C=O) groups excluding carboxylic acids is 1. The average Bonchev–Trinajstić information content (AvgIpc) is 3.10. The Bertz CT molecular complexity index is 860. The van der Waals surface area contributed by atoms with E-state index in [0.717, 1.165) is 16.3 Å². The van der Waals surface area contributed by atoms with Gasteiger partial charge in [-0.25, -0.2) is 5.43 Å². The van der Waals surface area contributed by atoms with E-state index in [0.29, 0.717) is 10.8 Å². The van der Waals surface area contributed by atoms with Crippen LogP contribution in [0.3, 0.4) is 0 Å². The summed E-state index contributed by atoms with van der Waals surface area (Å²) < 4.78 is 2.00. The topological polar surface area (TPSA) is 46.4 Å². The summed E-state index contributed by atoms with van der Waals surface area (Å²) in [5, 5.41) is 4.73. The molecule has 0 unspecified atom stereocenters. The minimum atomic E-state index is -0.158. The number of hydrogen-bond acceptors (Lipinski definition) is 3. The van der Waals surface area contributed by atoms with E-state index < -0.39 is 0 Å². The molecule has 0 bridgehead atoms. The van der Waals surface area contributed by atoms with Crippen LogP contribution >= 0.6 is 23.4 Å². The lowest BCUT2D eigenvalue weighted by molar-refractivity contribution is -0.118. The van der Waals surface area contributed by atoms with Gasteiger partial charge in [-0.2, -0.15) is 5.10 Å². The molecule has 3 rings (SSSR count). The Labute approximate surface area is 155 Å². The van der Waals surface area contributed by atoms with Gasteiger partial charge in [-0.15, -0.1) is 11.8 Å². The molecule has 0 aliphatic carbocycles. The molecule has 0 fully saturated rings. The maximum absolute atomic E-state index is 11.9.